The normalized spacial score (nSPS) is 23.7. The van der Waals surface area contributed by atoms with Crippen LogP contribution in [0.25, 0.3) is 0 Å². The minimum absolute atomic E-state index is 0.00149. The minimum Gasteiger partial charge on any atom is -0.481 e. The van der Waals surface area contributed by atoms with Crippen molar-refractivity contribution in [2.45, 2.75) is 102 Å². The summed E-state index contributed by atoms with van der Waals surface area (Å²) in [6.07, 6.45) is 4.34. The number of hydrogen-bond acceptors (Lipinski definition) is 6. The number of carboxylic acids is 1. The summed E-state index contributed by atoms with van der Waals surface area (Å²) in [5, 5.41) is 19.4. The van der Waals surface area contributed by atoms with Gasteiger partial charge in [0.2, 0.25) is 0 Å². The first kappa shape index (κ1) is 27.7. The first-order valence-electron chi connectivity index (χ1n) is 12.2. The molecule has 1 aliphatic rings. The van der Waals surface area contributed by atoms with Crippen molar-refractivity contribution in [2.75, 3.05) is 13.9 Å². The number of aliphatic hydroxyl groups excluding tert-OH is 1. The highest BCUT2D eigenvalue weighted by Crippen LogP contribution is 2.30. The minimum atomic E-state index is -0.864. The molecule has 1 heterocycles. The van der Waals surface area contributed by atoms with Gasteiger partial charge in [-0.05, 0) is 43.6 Å². The molecular weight excluding hydrogens is 424 g/mol. The maximum atomic E-state index is 11.3. The first-order chi connectivity index (χ1) is 15.9. The lowest BCUT2D eigenvalue weighted by atomic mass is 9.89. The fourth-order valence-corrected chi connectivity index (χ4v) is 4.60. The molecule has 6 atom stereocenters. The highest BCUT2D eigenvalue weighted by molar-refractivity contribution is 5.67. The molecule has 1 fully saturated rings. The van der Waals surface area contributed by atoms with Crippen LogP contribution < -0.4 is 0 Å². The molecule has 2 N–H and O–H groups in total. The monoisotopic (exact) mass is 466 g/mol. The maximum absolute atomic E-state index is 11.3. The quantitative estimate of drug-likeness (QED) is 0.273. The van der Waals surface area contributed by atoms with Crippen LogP contribution in [0.4, 0.5) is 0 Å². The number of benzene rings is 1. The van der Waals surface area contributed by atoms with Gasteiger partial charge in [0.25, 0.3) is 0 Å². The summed E-state index contributed by atoms with van der Waals surface area (Å²) in [6, 6.07) is 9.92. The van der Waals surface area contributed by atoms with Gasteiger partial charge in [0, 0.05) is 13.5 Å². The predicted octanol–water partition coefficient (Wildman–Crippen LogP) is 4.55. The van der Waals surface area contributed by atoms with Gasteiger partial charge < -0.3 is 29.2 Å². The Bertz CT molecular complexity index is 653. The van der Waals surface area contributed by atoms with Crippen molar-refractivity contribution in [1.29, 1.82) is 0 Å². The average Bonchev–Trinajstić information content (AvgIpc) is 2.76. The van der Waals surface area contributed by atoms with E-state index in [0.717, 1.165) is 31.2 Å². The van der Waals surface area contributed by atoms with Crippen molar-refractivity contribution in [1.82, 2.24) is 0 Å². The molecule has 1 saturated heterocycles. The number of carbonyl (C=O) groups is 1. The van der Waals surface area contributed by atoms with Gasteiger partial charge >= 0.3 is 5.97 Å². The predicted molar refractivity (Wildman–Crippen MR) is 126 cm³/mol. The van der Waals surface area contributed by atoms with E-state index in [1.54, 1.807) is 7.11 Å². The third kappa shape index (κ3) is 11.5. The largest absolute Gasteiger partial charge is 0.481 e. The van der Waals surface area contributed by atoms with Crippen molar-refractivity contribution < 1.29 is 34.0 Å². The van der Waals surface area contributed by atoms with E-state index < -0.39 is 5.97 Å². The highest BCUT2D eigenvalue weighted by Gasteiger charge is 2.32. The lowest BCUT2D eigenvalue weighted by Crippen LogP contribution is -2.39. The number of carboxylic acid groups (broad SMARTS) is 1. The fraction of sp³-hybridized carbons (Fsp3) is 0.731. The Labute approximate surface area is 198 Å². The molecule has 1 aliphatic heterocycles. The lowest BCUT2D eigenvalue weighted by Gasteiger charge is -2.36. The molecule has 2 rings (SSSR count). The zero-order valence-electron chi connectivity index (χ0n) is 20.4. The Morgan fingerprint density at radius 1 is 1.18 bits per heavy atom. The molecule has 1 aromatic carbocycles. The molecule has 0 aromatic heterocycles. The number of methoxy groups -OCH3 is 1. The van der Waals surface area contributed by atoms with Gasteiger partial charge in [-0.1, -0.05) is 50.6 Å². The third-order valence-corrected chi connectivity index (χ3v) is 6.16. The molecule has 7 nitrogen and oxygen atoms in total. The van der Waals surface area contributed by atoms with Crippen LogP contribution in [0.5, 0.6) is 0 Å². The van der Waals surface area contributed by atoms with E-state index in [0.29, 0.717) is 31.8 Å². The van der Waals surface area contributed by atoms with Crippen molar-refractivity contribution in [2.24, 2.45) is 5.92 Å². The second-order valence-electron chi connectivity index (χ2n) is 9.30. The van der Waals surface area contributed by atoms with Crippen LogP contribution >= 0.6 is 0 Å². The van der Waals surface area contributed by atoms with Crippen LogP contribution in [-0.4, -0.2) is 60.6 Å². The van der Waals surface area contributed by atoms with Gasteiger partial charge in [-0.15, -0.1) is 0 Å². The van der Waals surface area contributed by atoms with E-state index in [2.05, 4.69) is 13.8 Å². The fourth-order valence-electron chi connectivity index (χ4n) is 4.60. The molecular formula is C26H42O7. The summed E-state index contributed by atoms with van der Waals surface area (Å²) in [7, 11) is 1.69. The molecule has 188 valence electrons. The van der Waals surface area contributed by atoms with Crippen LogP contribution in [-0.2, 0) is 30.3 Å². The maximum Gasteiger partial charge on any atom is 0.305 e. The summed E-state index contributed by atoms with van der Waals surface area (Å²) in [5.41, 5.74) is 1.08. The molecule has 0 saturated carbocycles. The number of rotatable bonds is 16. The zero-order chi connectivity index (χ0) is 24.1. The van der Waals surface area contributed by atoms with Gasteiger partial charge in [-0.25, -0.2) is 0 Å². The van der Waals surface area contributed by atoms with E-state index >= 15 is 0 Å². The lowest BCUT2D eigenvalue weighted by molar-refractivity contribution is -0.168. The van der Waals surface area contributed by atoms with E-state index in [-0.39, 0.29) is 43.7 Å². The van der Waals surface area contributed by atoms with Crippen LogP contribution in [0, 0.1) is 5.92 Å². The summed E-state index contributed by atoms with van der Waals surface area (Å²) in [5.74, 6) is -0.551. The van der Waals surface area contributed by atoms with Gasteiger partial charge in [0.15, 0.2) is 0 Å². The zero-order valence-corrected chi connectivity index (χ0v) is 20.4. The summed E-state index contributed by atoms with van der Waals surface area (Å²) >= 11 is 0. The Hall–Kier alpha value is -1.51. The smallest absolute Gasteiger partial charge is 0.305 e. The van der Waals surface area contributed by atoms with Gasteiger partial charge in [0.05, 0.1) is 43.5 Å². The Morgan fingerprint density at radius 2 is 1.91 bits per heavy atom. The number of hydrogen-bond donors (Lipinski definition) is 2. The number of aliphatic hydroxyl groups is 1. The van der Waals surface area contributed by atoms with Crippen molar-refractivity contribution >= 4 is 5.97 Å². The van der Waals surface area contributed by atoms with Crippen molar-refractivity contribution in [3.05, 3.63) is 35.9 Å². The van der Waals surface area contributed by atoms with E-state index in [4.69, 9.17) is 18.9 Å². The van der Waals surface area contributed by atoms with E-state index in [9.17, 15) is 15.0 Å². The van der Waals surface area contributed by atoms with Crippen LogP contribution in [0.1, 0.15) is 70.8 Å². The van der Waals surface area contributed by atoms with Crippen LogP contribution in [0.3, 0.4) is 0 Å². The molecule has 0 aliphatic carbocycles. The van der Waals surface area contributed by atoms with E-state index in [1.807, 2.05) is 30.3 Å². The summed E-state index contributed by atoms with van der Waals surface area (Å²) in [6.45, 7) is 4.86. The van der Waals surface area contributed by atoms with Crippen molar-refractivity contribution in [3.63, 3.8) is 0 Å². The summed E-state index contributed by atoms with van der Waals surface area (Å²) < 4.78 is 23.3. The van der Waals surface area contributed by atoms with Crippen LogP contribution in [0.15, 0.2) is 30.3 Å². The average molecular weight is 467 g/mol. The molecule has 0 unspecified atom stereocenters. The molecule has 0 bridgehead atoms. The molecule has 1 aromatic rings. The SMILES string of the molecule is CCC[C@H](O)C[C@H](C[C@H](C)C[C@@H]1C[C@H](OCOCc2ccccc2)C[C@H](CC(=O)O)O1)OC. The summed E-state index contributed by atoms with van der Waals surface area (Å²) in [4.78, 5) is 11.3. The van der Waals surface area contributed by atoms with Crippen molar-refractivity contribution in [3.8, 4) is 0 Å². The molecule has 0 amide bonds. The Morgan fingerprint density at radius 3 is 2.58 bits per heavy atom. The van der Waals surface area contributed by atoms with Gasteiger partial charge in [-0.2, -0.15) is 0 Å². The molecule has 7 heteroatoms. The second kappa shape index (κ2) is 15.4. The molecule has 0 radical (unpaired) electrons. The Balaban J connectivity index is 1.82. The standard InChI is InChI=1S/C26H42O7/c1-4-8-21(27)13-22(30-3)11-19(2)12-24-14-23(15-25(33-24)16-26(28)29)32-18-31-17-20-9-6-5-7-10-20/h5-7,9-10,19,21-25,27H,4,8,11-18H2,1-3H3,(H,28,29)/t19-,21-,22-,23-,24+,25+/m0/s1. The first-order valence-corrected chi connectivity index (χ1v) is 12.2. The highest BCUT2D eigenvalue weighted by atomic mass is 16.7. The molecule has 0 spiro atoms. The van der Waals surface area contributed by atoms with Gasteiger partial charge in [-0.3, -0.25) is 4.79 Å². The number of ether oxygens (including phenoxy) is 4. The topological polar surface area (TPSA) is 94.5 Å². The van der Waals surface area contributed by atoms with Gasteiger partial charge in [0.1, 0.15) is 6.79 Å². The number of aliphatic carboxylic acids is 1. The third-order valence-electron chi connectivity index (χ3n) is 6.16. The molecule has 33 heavy (non-hydrogen) atoms. The van der Waals surface area contributed by atoms with Crippen LogP contribution in [0.2, 0.25) is 0 Å². The second-order valence-corrected chi connectivity index (χ2v) is 9.30. The Kier molecular flexibility index (Phi) is 12.9. The van der Waals surface area contributed by atoms with E-state index in [1.165, 1.54) is 0 Å².